The van der Waals surface area contributed by atoms with Gasteiger partial charge in [0, 0.05) is 6.04 Å². The van der Waals surface area contributed by atoms with E-state index in [1.807, 2.05) is 18.2 Å². The Hall–Kier alpha value is -1.45. The summed E-state index contributed by atoms with van der Waals surface area (Å²) in [4.78, 5) is 2.21. The maximum absolute atomic E-state index is 13.2. The predicted molar refractivity (Wildman–Crippen MR) is 108 cm³/mol. The molecule has 4 atom stereocenters. The maximum Gasteiger partial charge on any atom is 0.416 e. The fourth-order valence-electron chi connectivity index (χ4n) is 4.35. The standard InChI is InChI=1S/C22H26F4NP/c1-27(2)21(16-7-4-3-5-8-16)19-9-6-10-20(19)28-18-12-15(14-23)11-17(13-18)22(24,25)26/h3-5,7-8,11-13,19-21,28H,6,9-10,14H2,1-2H3/t19?,20?,21-/m1/s1. The van der Waals surface area contributed by atoms with Crippen molar-refractivity contribution < 1.29 is 17.6 Å². The molecule has 28 heavy (non-hydrogen) atoms. The molecule has 0 spiro atoms. The van der Waals surface area contributed by atoms with Crippen LogP contribution in [0.5, 0.6) is 0 Å². The summed E-state index contributed by atoms with van der Waals surface area (Å²) in [6, 6.07) is 14.3. The molecule has 6 heteroatoms. The van der Waals surface area contributed by atoms with Gasteiger partial charge in [0.1, 0.15) is 6.67 Å². The van der Waals surface area contributed by atoms with Crippen LogP contribution >= 0.6 is 8.58 Å². The van der Waals surface area contributed by atoms with Crippen molar-refractivity contribution in [3.63, 3.8) is 0 Å². The van der Waals surface area contributed by atoms with Crippen LogP contribution in [0.1, 0.15) is 42.0 Å². The van der Waals surface area contributed by atoms with E-state index in [1.54, 1.807) is 6.07 Å². The zero-order valence-corrected chi connectivity index (χ0v) is 17.1. The zero-order chi connectivity index (χ0) is 20.3. The summed E-state index contributed by atoms with van der Waals surface area (Å²) in [5, 5.41) is 0.616. The van der Waals surface area contributed by atoms with Crippen molar-refractivity contribution >= 4 is 13.9 Å². The molecule has 152 valence electrons. The predicted octanol–water partition coefficient (Wildman–Crippen LogP) is 5.95. The number of hydrogen-bond acceptors (Lipinski definition) is 1. The Bertz CT molecular complexity index is 776. The first-order chi connectivity index (χ1) is 13.3. The fraction of sp³-hybridized carbons (Fsp3) is 0.455. The lowest BCUT2D eigenvalue weighted by Gasteiger charge is -2.34. The van der Waals surface area contributed by atoms with E-state index in [9.17, 15) is 17.6 Å². The fourth-order valence-corrected chi connectivity index (χ4v) is 6.20. The van der Waals surface area contributed by atoms with Crippen molar-refractivity contribution in [3.8, 4) is 0 Å². The molecule has 0 N–H and O–H groups in total. The van der Waals surface area contributed by atoms with Crippen molar-refractivity contribution in [2.75, 3.05) is 14.1 Å². The number of alkyl halides is 4. The molecule has 1 aliphatic rings. The average molecular weight is 411 g/mol. The van der Waals surface area contributed by atoms with Crippen molar-refractivity contribution in [3.05, 3.63) is 65.2 Å². The van der Waals surface area contributed by atoms with E-state index in [0.717, 1.165) is 25.3 Å². The second-order valence-electron chi connectivity index (χ2n) is 7.71. The van der Waals surface area contributed by atoms with Crippen molar-refractivity contribution in [2.45, 2.75) is 43.8 Å². The summed E-state index contributed by atoms with van der Waals surface area (Å²) < 4.78 is 52.8. The Labute approximate surface area is 165 Å². The van der Waals surface area contributed by atoms with Crippen LogP contribution in [0, 0.1) is 5.92 Å². The summed E-state index contributed by atoms with van der Waals surface area (Å²) >= 11 is 0. The molecule has 0 amide bonds. The second-order valence-corrected chi connectivity index (χ2v) is 9.32. The van der Waals surface area contributed by atoms with Crippen molar-refractivity contribution in [1.82, 2.24) is 4.90 Å². The SMILES string of the molecule is CN(C)[C@H](c1ccccc1)C1CCCC1Pc1cc(CF)cc(C(F)(F)F)c1. The summed E-state index contributed by atoms with van der Waals surface area (Å²) in [5.41, 5.74) is 0.914. The van der Waals surface area contributed by atoms with Gasteiger partial charge in [-0.05, 0) is 73.1 Å². The number of nitrogens with zero attached hydrogens (tertiary/aromatic N) is 1. The number of rotatable bonds is 6. The lowest BCUT2D eigenvalue weighted by molar-refractivity contribution is -0.137. The lowest BCUT2D eigenvalue weighted by atomic mass is 9.90. The molecular formula is C22H26F4NP. The van der Waals surface area contributed by atoms with Crippen LogP contribution < -0.4 is 5.30 Å². The van der Waals surface area contributed by atoms with E-state index in [1.165, 1.54) is 11.6 Å². The highest BCUT2D eigenvalue weighted by Gasteiger charge is 2.36. The van der Waals surface area contributed by atoms with Crippen LogP contribution in [0.25, 0.3) is 0 Å². The van der Waals surface area contributed by atoms with E-state index in [0.29, 0.717) is 16.9 Å². The third-order valence-electron chi connectivity index (χ3n) is 5.50. The monoisotopic (exact) mass is 411 g/mol. The van der Waals surface area contributed by atoms with Gasteiger partial charge in [0.05, 0.1) is 5.56 Å². The van der Waals surface area contributed by atoms with Crippen molar-refractivity contribution in [1.29, 1.82) is 0 Å². The molecule has 2 aromatic rings. The molecule has 3 unspecified atom stereocenters. The molecule has 0 heterocycles. The minimum absolute atomic E-state index is 0.110. The smallest absolute Gasteiger partial charge is 0.302 e. The third-order valence-corrected chi connectivity index (χ3v) is 7.21. The molecule has 1 saturated carbocycles. The second kappa shape index (κ2) is 8.92. The van der Waals surface area contributed by atoms with Gasteiger partial charge in [0.15, 0.2) is 0 Å². The Balaban J connectivity index is 1.87. The van der Waals surface area contributed by atoms with Gasteiger partial charge in [-0.15, -0.1) is 0 Å². The van der Waals surface area contributed by atoms with Crippen LogP contribution in [0.15, 0.2) is 48.5 Å². The molecule has 0 aliphatic heterocycles. The van der Waals surface area contributed by atoms with E-state index >= 15 is 0 Å². The van der Waals surface area contributed by atoms with Crippen LogP contribution in [0.2, 0.25) is 0 Å². The van der Waals surface area contributed by atoms with Gasteiger partial charge in [0.2, 0.25) is 0 Å². The Kier molecular flexibility index (Phi) is 6.77. The lowest BCUT2D eigenvalue weighted by Crippen LogP contribution is -2.31. The summed E-state index contributed by atoms with van der Waals surface area (Å²) in [7, 11) is 4.36. The van der Waals surface area contributed by atoms with Gasteiger partial charge >= 0.3 is 6.18 Å². The van der Waals surface area contributed by atoms with E-state index in [-0.39, 0.29) is 20.2 Å². The molecular weight excluding hydrogens is 385 g/mol. The van der Waals surface area contributed by atoms with Gasteiger partial charge in [-0.1, -0.05) is 45.3 Å². The summed E-state index contributed by atoms with van der Waals surface area (Å²) in [5.74, 6) is 0.374. The van der Waals surface area contributed by atoms with Crippen LogP contribution in [-0.4, -0.2) is 24.7 Å². The van der Waals surface area contributed by atoms with E-state index in [2.05, 4.69) is 31.1 Å². The Morgan fingerprint density at radius 1 is 1.07 bits per heavy atom. The highest BCUT2D eigenvalue weighted by atomic mass is 31.1. The molecule has 2 aromatic carbocycles. The highest BCUT2D eigenvalue weighted by Crippen LogP contribution is 2.46. The van der Waals surface area contributed by atoms with Crippen LogP contribution in [-0.2, 0) is 12.9 Å². The molecule has 0 bridgehead atoms. The average Bonchev–Trinajstić information content (AvgIpc) is 3.09. The molecule has 0 saturated heterocycles. The van der Waals surface area contributed by atoms with E-state index < -0.39 is 18.4 Å². The first-order valence-electron chi connectivity index (χ1n) is 9.54. The number of halogens is 4. The third kappa shape index (κ3) is 4.93. The first kappa shape index (κ1) is 21.3. The number of benzene rings is 2. The molecule has 0 radical (unpaired) electrons. The van der Waals surface area contributed by atoms with Gasteiger partial charge in [-0.25, -0.2) is 4.39 Å². The van der Waals surface area contributed by atoms with Gasteiger partial charge in [0.25, 0.3) is 0 Å². The zero-order valence-electron chi connectivity index (χ0n) is 16.1. The minimum Gasteiger partial charge on any atom is -0.302 e. The topological polar surface area (TPSA) is 3.24 Å². The molecule has 0 aromatic heterocycles. The molecule has 3 rings (SSSR count). The highest BCUT2D eigenvalue weighted by molar-refractivity contribution is 7.48. The summed E-state index contributed by atoms with van der Waals surface area (Å²) in [6.07, 6.45) is -1.31. The van der Waals surface area contributed by atoms with Crippen molar-refractivity contribution in [2.24, 2.45) is 5.92 Å². The normalized spacial score (nSPS) is 21.7. The molecule has 1 aliphatic carbocycles. The van der Waals surface area contributed by atoms with Gasteiger partial charge in [-0.3, -0.25) is 0 Å². The molecule has 1 fully saturated rings. The minimum atomic E-state index is -4.45. The quantitative estimate of drug-likeness (QED) is 0.419. The van der Waals surface area contributed by atoms with E-state index in [4.69, 9.17) is 0 Å². The Morgan fingerprint density at radius 2 is 1.79 bits per heavy atom. The molecule has 1 nitrogen and oxygen atoms in total. The summed E-state index contributed by atoms with van der Waals surface area (Å²) in [6.45, 7) is -0.875. The Morgan fingerprint density at radius 3 is 2.39 bits per heavy atom. The van der Waals surface area contributed by atoms with Gasteiger partial charge in [-0.2, -0.15) is 13.2 Å². The largest absolute Gasteiger partial charge is 0.416 e. The van der Waals surface area contributed by atoms with Crippen LogP contribution in [0.4, 0.5) is 17.6 Å². The van der Waals surface area contributed by atoms with Gasteiger partial charge < -0.3 is 4.90 Å². The number of hydrogen-bond donors (Lipinski definition) is 0. The first-order valence-corrected chi connectivity index (χ1v) is 10.6. The maximum atomic E-state index is 13.2. The van der Waals surface area contributed by atoms with Crippen LogP contribution in [0.3, 0.4) is 0 Å².